The molecular weight excluding hydrogens is 288 g/mol. The van der Waals surface area contributed by atoms with Gasteiger partial charge in [0.05, 0.1) is 6.19 Å². The third-order valence-corrected chi connectivity index (χ3v) is 4.44. The van der Waals surface area contributed by atoms with E-state index in [2.05, 4.69) is 60.9 Å². The quantitative estimate of drug-likeness (QED) is 0.391. The zero-order valence-corrected chi connectivity index (χ0v) is 15.6. The van der Waals surface area contributed by atoms with Gasteiger partial charge in [0, 0.05) is 0 Å². The van der Waals surface area contributed by atoms with Crippen LogP contribution in [0.15, 0.2) is 4.99 Å². The van der Waals surface area contributed by atoms with Crippen molar-refractivity contribution in [1.82, 2.24) is 9.80 Å². The molecule has 130 valence electrons. The average Bonchev–Trinajstić information content (AvgIpc) is 3.27. The second kappa shape index (κ2) is 12.0. The molecule has 1 fully saturated rings. The van der Waals surface area contributed by atoms with Crippen LogP contribution in [-0.2, 0) is 0 Å². The lowest BCUT2D eigenvalue weighted by Crippen LogP contribution is -2.34. The van der Waals surface area contributed by atoms with Crippen LogP contribution >= 0.6 is 0 Å². The molecule has 0 N–H and O–H groups in total. The number of aliphatic imine (C=N–C) groups is 1. The lowest BCUT2D eigenvalue weighted by molar-refractivity contribution is -0.519. The Morgan fingerprint density at radius 2 is 1.35 bits per heavy atom. The molecule has 0 spiro atoms. The Labute approximate surface area is 141 Å². The second-order valence-electron chi connectivity index (χ2n) is 5.24. The van der Waals surface area contributed by atoms with E-state index in [0.29, 0.717) is 12.1 Å². The summed E-state index contributed by atoms with van der Waals surface area (Å²) in [4.78, 5) is 7.80. The van der Waals surface area contributed by atoms with E-state index in [9.17, 15) is 0 Å². The summed E-state index contributed by atoms with van der Waals surface area (Å²) in [5.41, 5.74) is 1.66. The second-order valence-corrected chi connectivity index (χ2v) is 5.24. The van der Waals surface area contributed by atoms with Crippen molar-refractivity contribution in [1.29, 1.82) is 5.26 Å². The van der Waals surface area contributed by atoms with Gasteiger partial charge in [-0.1, -0.05) is 27.7 Å². The standard InChI is InChI=1S/C15H32N3.C2N3/c1-7-16(8-2)13-14(17(9-3)10-4)15(13)18(11-5)12-6;3-1-5-2-4/h13-14H,7-12H2,1-6H3;/q+1;-1. The van der Waals surface area contributed by atoms with Gasteiger partial charge in [-0.25, -0.2) is 4.58 Å². The normalized spacial score (nSPS) is 18.8. The van der Waals surface area contributed by atoms with Crippen molar-refractivity contribution in [2.45, 2.75) is 53.6 Å². The molecule has 0 radical (unpaired) electrons. The molecule has 2 unspecified atom stereocenters. The van der Waals surface area contributed by atoms with Crippen molar-refractivity contribution in [2.75, 3.05) is 39.3 Å². The fraction of sp³-hybridized carbons (Fsp3) is 0.824. The molecule has 1 aliphatic rings. The van der Waals surface area contributed by atoms with E-state index >= 15 is 0 Å². The molecule has 0 aromatic heterocycles. The van der Waals surface area contributed by atoms with Crippen LogP contribution in [0.1, 0.15) is 41.5 Å². The summed E-state index contributed by atoms with van der Waals surface area (Å²) < 4.78 is 2.56. The Morgan fingerprint density at radius 1 is 0.957 bits per heavy atom. The molecule has 0 saturated heterocycles. The first-order valence-corrected chi connectivity index (χ1v) is 8.69. The fourth-order valence-corrected chi connectivity index (χ4v) is 3.22. The van der Waals surface area contributed by atoms with E-state index in [1.54, 1.807) is 5.71 Å². The number of rotatable bonds is 8. The predicted molar refractivity (Wildman–Crippen MR) is 96.2 cm³/mol. The fourth-order valence-electron chi connectivity index (χ4n) is 3.22. The highest BCUT2D eigenvalue weighted by Gasteiger charge is 2.58. The minimum absolute atomic E-state index is 0.666. The highest BCUT2D eigenvalue weighted by Crippen LogP contribution is 2.30. The summed E-state index contributed by atoms with van der Waals surface area (Å²) in [5, 5.41) is 14.9. The van der Waals surface area contributed by atoms with Gasteiger partial charge in [0.15, 0.2) is 5.71 Å². The molecule has 0 heterocycles. The van der Waals surface area contributed by atoms with Crippen LogP contribution in [-0.4, -0.2) is 77.4 Å². The maximum atomic E-state index is 7.43. The van der Waals surface area contributed by atoms with E-state index in [-0.39, 0.29) is 0 Å². The summed E-state index contributed by atoms with van der Waals surface area (Å²) >= 11 is 0. The summed E-state index contributed by atoms with van der Waals surface area (Å²) in [6, 6.07) is 2.61. The zero-order valence-electron chi connectivity index (χ0n) is 15.6. The summed E-state index contributed by atoms with van der Waals surface area (Å²) in [6.45, 7) is 20.6. The average molecular weight is 320 g/mol. The lowest BCUT2D eigenvalue weighted by atomic mass is 10.4. The van der Waals surface area contributed by atoms with Gasteiger partial charge in [-0.05, 0) is 40.0 Å². The molecule has 0 bridgehead atoms. The van der Waals surface area contributed by atoms with E-state index in [1.165, 1.54) is 12.2 Å². The first-order chi connectivity index (χ1) is 11.1. The molecular formula is C17H32N6. The van der Waals surface area contributed by atoms with Crippen molar-refractivity contribution in [2.24, 2.45) is 4.99 Å². The van der Waals surface area contributed by atoms with Crippen molar-refractivity contribution < 1.29 is 4.58 Å². The largest absolute Gasteiger partial charge is 0.422 e. The van der Waals surface area contributed by atoms with Gasteiger partial charge >= 0.3 is 0 Å². The Bertz CT molecular complexity index is 424. The van der Waals surface area contributed by atoms with Gasteiger partial charge in [0.2, 0.25) is 0 Å². The Balaban J connectivity index is 0.000000841. The monoisotopic (exact) mass is 320 g/mol. The first kappa shape index (κ1) is 21.5. The molecule has 0 amide bonds. The maximum Gasteiger partial charge on any atom is 0.191 e. The van der Waals surface area contributed by atoms with E-state index in [4.69, 9.17) is 10.7 Å². The van der Waals surface area contributed by atoms with Crippen molar-refractivity contribution in [3.63, 3.8) is 0 Å². The number of likely N-dealkylation sites (N-methyl/N-ethyl adjacent to an activating group) is 2. The van der Waals surface area contributed by atoms with Crippen molar-refractivity contribution in [3.05, 3.63) is 5.41 Å². The molecule has 1 rings (SSSR count). The topological polar surface area (TPSA) is 67.9 Å². The SMILES string of the molecule is CCN(CC)C1C(=[N+](CC)CC)C1N(CC)CC.N#CN=C=[N-]. The summed E-state index contributed by atoms with van der Waals surface area (Å²) in [6.07, 6.45) is 1.28. The van der Waals surface area contributed by atoms with Crippen molar-refractivity contribution in [3.8, 4) is 6.19 Å². The Kier molecular flexibility index (Phi) is 11.2. The Morgan fingerprint density at radius 3 is 1.52 bits per heavy atom. The smallest absolute Gasteiger partial charge is 0.191 e. The van der Waals surface area contributed by atoms with Crippen molar-refractivity contribution >= 4 is 11.7 Å². The summed E-state index contributed by atoms with van der Waals surface area (Å²) in [7, 11) is 0. The molecule has 1 aliphatic carbocycles. The van der Waals surface area contributed by atoms with Gasteiger partial charge in [-0.15, -0.1) is 6.01 Å². The number of nitriles is 1. The number of hydrogen-bond donors (Lipinski definition) is 0. The Hall–Kier alpha value is -1.54. The third-order valence-electron chi connectivity index (χ3n) is 4.44. The van der Waals surface area contributed by atoms with E-state index in [0.717, 1.165) is 39.3 Å². The van der Waals surface area contributed by atoms with Crippen LogP contribution in [0.4, 0.5) is 0 Å². The molecule has 6 nitrogen and oxygen atoms in total. The minimum Gasteiger partial charge on any atom is -0.422 e. The first-order valence-electron chi connectivity index (χ1n) is 8.69. The van der Waals surface area contributed by atoms with E-state index in [1.807, 2.05) is 0 Å². The lowest BCUT2D eigenvalue weighted by Gasteiger charge is -2.20. The minimum atomic E-state index is 0.666. The van der Waals surface area contributed by atoms with Crippen LogP contribution in [0.25, 0.3) is 5.41 Å². The van der Waals surface area contributed by atoms with Crippen LogP contribution in [0.2, 0.25) is 0 Å². The molecule has 2 atom stereocenters. The molecule has 1 saturated carbocycles. The molecule has 23 heavy (non-hydrogen) atoms. The molecule has 6 heteroatoms. The van der Waals surface area contributed by atoms with Gasteiger partial charge in [0.25, 0.3) is 0 Å². The van der Waals surface area contributed by atoms with Crippen LogP contribution in [0.5, 0.6) is 0 Å². The summed E-state index contributed by atoms with van der Waals surface area (Å²) in [5.74, 6) is 0. The number of nitrogens with zero attached hydrogens (tertiary/aromatic N) is 6. The van der Waals surface area contributed by atoms with Gasteiger partial charge < -0.3 is 10.4 Å². The highest BCUT2D eigenvalue weighted by atomic mass is 15.3. The molecule has 0 aliphatic heterocycles. The van der Waals surface area contributed by atoms with Crippen LogP contribution < -0.4 is 0 Å². The molecule has 0 aromatic carbocycles. The van der Waals surface area contributed by atoms with Crippen LogP contribution in [0.3, 0.4) is 0 Å². The van der Waals surface area contributed by atoms with Gasteiger partial charge in [0.1, 0.15) is 25.2 Å². The van der Waals surface area contributed by atoms with Crippen LogP contribution in [0, 0.1) is 11.5 Å². The van der Waals surface area contributed by atoms with Gasteiger partial charge in [-0.3, -0.25) is 9.80 Å². The maximum absolute atomic E-state index is 7.43. The zero-order chi connectivity index (χ0) is 17.8. The third kappa shape index (κ3) is 5.87. The predicted octanol–water partition coefficient (Wildman–Crippen LogP) is 2.12. The molecule has 0 aromatic rings. The van der Waals surface area contributed by atoms with Gasteiger partial charge in [-0.2, -0.15) is 5.26 Å². The number of hydrogen-bond acceptors (Lipinski definition) is 4. The van der Waals surface area contributed by atoms with E-state index < -0.39 is 0 Å². The highest BCUT2D eigenvalue weighted by molar-refractivity contribution is 6.08.